The maximum absolute atomic E-state index is 12.2. The Balaban J connectivity index is 2.05. The zero-order chi connectivity index (χ0) is 15.5. The maximum atomic E-state index is 12.2. The first-order chi connectivity index (χ1) is 9.94. The Morgan fingerprint density at radius 3 is 3.00 bits per heavy atom. The Kier molecular flexibility index (Phi) is 5.31. The van der Waals surface area contributed by atoms with Gasteiger partial charge < -0.3 is 9.84 Å². The smallest absolute Gasteiger partial charge is 0.358 e. The van der Waals surface area contributed by atoms with Crippen molar-refractivity contribution in [3.05, 3.63) is 11.2 Å². The van der Waals surface area contributed by atoms with E-state index in [1.54, 1.807) is 0 Å². The van der Waals surface area contributed by atoms with Crippen LogP contribution in [-0.4, -0.2) is 44.2 Å². The van der Waals surface area contributed by atoms with E-state index in [0.29, 0.717) is 6.42 Å². The molecule has 9 heteroatoms. The lowest BCUT2D eigenvalue weighted by atomic mass is 9.87. The molecule has 0 aliphatic heterocycles. The molecule has 21 heavy (non-hydrogen) atoms. The number of rotatable bonds is 5. The van der Waals surface area contributed by atoms with Gasteiger partial charge >= 0.3 is 5.97 Å². The number of nitrogens with one attached hydrogen (secondary N) is 1. The summed E-state index contributed by atoms with van der Waals surface area (Å²) in [4.78, 5) is 15.2. The molecule has 0 radical (unpaired) electrons. The van der Waals surface area contributed by atoms with E-state index in [-0.39, 0.29) is 28.5 Å². The van der Waals surface area contributed by atoms with Crippen molar-refractivity contribution < 1.29 is 23.1 Å². The van der Waals surface area contributed by atoms with E-state index in [1.165, 1.54) is 12.6 Å². The van der Waals surface area contributed by atoms with E-state index < -0.39 is 16.0 Å². The van der Waals surface area contributed by atoms with Gasteiger partial charge in [-0.05, 0) is 25.2 Å². The number of hydrogen-bond donors (Lipinski definition) is 2. The first kappa shape index (κ1) is 16.3. The summed E-state index contributed by atoms with van der Waals surface area (Å²) in [6, 6.07) is 0. The van der Waals surface area contributed by atoms with Crippen molar-refractivity contribution in [1.29, 1.82) is 0 Å². The van der Waals surface area contributed by atoms with E-state index >= 15 is 0 Å². The monoisotopic (exact) mass is 334 g/mol. The summed E-state index contributed by atoms with van der Waals surface area (Å²) < 4.78 is 31.4. The third-order valence-electron chi connectivity index (χ3n) is 3.47. The van der Waals surface area contributed by atoms with Gasteiger partial charge in [0.25, 0.3) is 10.0 Å². The molecule has 0 bridgehead atoms. The van der Waals surface area contributed by atoms with Gasteiger partial charge in [0.2, 0.25) is 0 Å². The highest BCUT2D eigenvalue weighted by atomic mass is 32.2. The van der Waals surface area contributed by atoms with Crippen LogP contribution < -0.4 is 4.72 Å². The lowest BCUT2D eigenvalue weighted by molar-refractivity contribution is 0.0590. The van der Waals surface area contributed by atoms with Crippen LogP contribution in [0.3, 0.4) is 0 Å². The van der Waals surface area contributed by atoms with Crippen molar-refractivity contribution in [2.24, 2.45) is 5.92 Å². The van der Waals surface area contributed by atoms with Crippen LogP contribution in [0.5, 0.6) is 0 Å². The van der Waals surface area contributed by atoms with Gasteiger partial charge in [0.05, 0.1) is 18.7 Å². The third-order valence-corrected chi connectivity index (χ3v) is 6.27. The van der Waals surface area contributed by atoms with Gasteiger partial charge in [0, 0.05) is 6.54 Å². The molecule has 2 unspecified atom stereocenters. The van der Waals surface area contributed by atoms with E-state index in [0.717, 1.165) is 30.6 Å². The van der Waals surface area contributed by atoms with E-state index in [1.807, 2.05) is 0 Å². The molecule has 118 valence electrons. The molecule has 1 heterocycles. The normalized spacial score (nSPS) is 23.0. The number of thiazole rings is 1. The molecule has 1 aliphatic rings. The summed E-state index contributed by atoms with van der Waals surface area (Å²) in [6.45, 7) is 0.248. The highest BCUT2D eigenvalue weighted by Gasteiger charge is 2.28. The van der Waals surface area contributed by atoms with Crippen molar-refractivity contribution in [2.75, 3.05) is 13.7 Å². The molecular weight excluding hydrogens is 316 g/mol. The molecule has 1 fully saturated rings. The predicted molar refractivity (Wildman–Crippen MR) is 76.6 cm³/mol. The van der Waals surface area contributed by atoms with Crippen LogP contribution in [0.25, 0.3) is 0 Å². The predicted octanol–water partition coefficient (Wildman–Crippen LogP) is 0.759. The zero-order valence-electron chi connectivity index (χ0n) is 11.6. The lowest BCUT2D eigenvalue weighted by Gasteiger charge is -2.25. The van der Waals surface area contributed by atoms with Crippen molar-refractivity contribution in [3.8, 4) is 0 Å². The topological polar surface area (TPSA) is 106 Å². The summed E-state index contributed by atoms with van der Waals surface area (Å²) >= 11 is 0.876. The number of aromatic nitrogens is 1. The molecular formula is C12H18N2O5S2. The fourth-order valence-electron chi connectivity index (χ4n) is 2.40. The van der Waals surface area contributed by atoms with Crippen LogP contribution in [0.2, 0.25) is 0 Å². The molecule has 0 spiro atoms. The van der Waals surface area contributed by atoms with E-state index in [9.17, 15) is 18.3 Å². The number of ether oxygens (including phenoxy) is 1. The van der Waals surface area contributed by atoms with Gasteiger partial charge in [0.1, 0.15) is 0 Å². The van der Waals surface area contributed by atoms with Crippen LogP contribution in [0, 0.1) is 5.92 Å². The van der Waals surface area contributed by atoms with Crippen LogP contribution in [0.1, 0.15) is 36.2 Å². The average molecular weight is 334 g/mol. The molecule has 2 rings (SSSR count). The van der Waals surface area contributed by atoms with Gasteiger partial charge in [-0.2, -0.15) is 0 Å². The van der Waals surface area contributed by atoms with Crippen molar-refractivity contribution in [1.82, 2.24) is 9.71 Å². The minimum Gasteiger partial charge on any atom is -0.464 e. The molecule has 1 saturated carbocycles. The zero-order valence-corrected chi connectivity index (χ0v) is 13.2. The Labute approximate surface area is 127 Å². The molecule has 0 amide bonds. The average Bonchev–Trinajstić information content (AvgIpc) is 2.95. The van der Waals surface area contributed by atoms with Gasteiger partial charge in [-0.1, -0.05) is 6.42 Å². The van der Waals surface area contributed by atoms with E-state index in [4.69, 9.17) is 0 Å². The van der Waals surface area contributed by atoms with Crippen LogP contribution >= 0.6 is 11.3 Å². The highest BCUT2D eigenvalue weighted by molar-refractivity contribution is 7.91. The van der Waals surface area contributed by atoms with Gasteiger partial charge in [-0.3, -0.25) is 0 Å². The Bertz CT molecular complexity index is 599. The van der Waals surface area contributed by atoms with Crippen LogP contribution in [-0.2, 0) is 14.8 Å². The largest absolute Gasteiger partial charge is 0.464 e. The molecule has 1 aromatic heterocycles. The molecule has 7 nitrogen and oxygen atoms in total. The molecule has 0 saturated heterocycles. The fourth-order valence-corrected chi connectivity index (χ4v) is 4.69. The molecule has 2 N–H and O–H groups in total. The second-order valence-electron chi connectivity index (χ2n) is 5.02. The molecule has 1 aromatic rings. The number of methoxy groups -OCH3 is 1. The molecule has 2 atom stereocenters. The van der Waals surface area contributed by atoms with Crippen LogP contribution in [0.15, 0.2) is 9.72 Å². The number of hydrogen-bond acceptors (Lipinski definition) is 7. The highest BCUT2D eigenvalue weighted by Crippen LogP contribution is 2.25. The summed E-state index contributed by atoms with van der Waals surface area (Å²) in [6.07, 6.45) is 2.77. The summed E-state index contributed by atoms with van der Waals surface area (Å²) in [5.41, 5.74) is 1.10. The summed E-state index contributed by atoms with van der Waals surface area (Å²) in [7, 11) is -2.62. The number of carbonyl (C=O) groups is 1. The Morgan fingerprint density at radius 2 is 2.33 bits per heavy atom. The minimum atomic E-state index is -3.80. The van der Waals surface area contributed by atoms with Crippen molar-refractivity contribution in [3.63, 3.8) is 0 Å². The molecule has 0 aromatic carbocycles. The molecule has 1 aliphatic carbocycles. The first-order valence-corrected chi connectivity index (χ1v) is 9.00. The maximum Gasteiger partial charge on any atom is 0.358 e. The number of aliphatic hydroxyl groups is 1. The number of esters is 1. The van der Waals surface area contributed by atoms with Gasteiger partial charge in [0.15, 0.2) is 9.90 Å². The van der Waals surface area contributed by atoms with Gasteiger partial charge in [-0.25, -0.2) is 22.9 Å². The quantitative estimate of drug-likeness (QED) is 0.770. The van der Waals surface area contributed by atoms with Crippen molar-refractivity contribution in [2.45, 2.75) is 36.0 Å². The Morgan fingerprint density at radius 1 is 1.57 bits per heavy atom. The number of sulfonamides is 1. The number of aliphatic hydroxyl groups excluding tert-OH is 1. The number of carbonyl (C=O) groups excluding carboxylic acids is 1. The third kappa shape index (κ3) is 4.00. The van der Waals surface area contributed by atoms with Gasteiger partial charge in [-0.15, -0.1) is 11.3 Å². The lowest BCUT2D eigenvalue weighted by Crippen LogP contribution is -2.33. The van der Waals surface area contributed by atoms with Crippen LogP contribution in [0.4, 0.5) is 0 Å². The second-order valence-corrected chi connectivity index (χ2v) is 7.84. The standard InChI is InChI=1S/C12H18N2O5S2/c1-19-11(16)10-12(20-7-13-10)21(17,18)14-6-8-3-2-4-9(15)5-8/h7-9,14-15H,2-6H2,1H3. The SMILES string of the molecule is COC(=O)c1ncsc1S(=O)(=O)NCC1CCCC(O)C1. The second kappa shape index (κ2) is 6.82. The van der Waals surface area contributed by atoms with Crippen molar-refractivity contribution >= 4 is 27.3 Å². The summed E-state index contributed by atoms with van der Waals surface area (Å²) in [5, 5.41) is 9.60. The van der Waals surface area contributed by atoms with E-state index in [2.05, 4.69) is 14.4 Å². The Hall–Kier alpha value is -1.03. The summed E-state index contributed by atoms with van der Waals surface area (Å²) in [5.74, 6) is -0.664. The fraction of sp³-hybridized carbons (Fsp3) is 0.667. The number of nitrogens with zero attached hydrogens (tertiary/aromatic N) is 1. The minimum absolute atomic E-state index is 0.109. The first-order valence-electron chi connectivity index (χ1n) is 6.63.